The molecule has 1 aliphatic rings. The number of fused-ring (bicyclic) bond motifs is 1. The van der Waals surface area contributed by atoms with Crippen LogP contribution in [0.1, 0.15) is 29.8 Å². The van der Waals surface area contributed by atoms with Crippen molar-refractivity contribution in [2.75, 3.05) is 15.4 Å². The number of hydrogen-bond donors (Lipinski definition) is 1. The summed E-state index contributed by atoms with van der Waals surface area (Å²) in [5, 5.41) is 3.25. The number of nitrogens with zero attached hydrogens (tertiary/aromatic N) is 2. The number of carbonyl (C=O) groups excluding carboxylic acids is 2. The van der Waals surface area contributed by atoms with Gasteiger partial charge in [0.15, 0.2) is 5.13 Å². The van der Waals surface area contributed by atoms with E-state index in [2.05, 4.69) is 10.3 Å². The van der Waals surface area contributed by atoms with E-state index in [0.29, 0.717) is 10.7 Å². The van der Waals surface area contributed by atoms with Gasteiger partial charge in [-0.3, -0.25) is 14.9 Å². The van der Waals surface area contributed by atoms with Gasteiger partial charge in [-0.2, -0.15) is 0 Å². The molecule has 0 radical (unpaired) electrons. The molecule has 150 valence electrons. The van der Waals surface area contributed by atoms with E-state index in [4.69, 9.17) is 0 Å². The van der Waals surface area contributed by atoms with Crippen molar-refractivity contribution in [3.05, 3.63) is 53.6 Å². The number of rotatable bonds is 3. The Balaban J connectivity index is 1.56. The van der Waals surface area contributed by atoms with Crippen molar-refractivity contribution >= 4 is 54.2 Å². The van der Waals surface area contributed by atoms with Crippen LogP contribution in [0.2, 0.25) is 0 Å². The Kier molecular flexibility index (Phi) is 4.47. The first-order valence-corrected chi connectivity index (χ1v) is 11.4. The van der Waals surface area contributed by atoms with Gasteiger partial charge in [0.2, 0.25) is 15.9 Å². The topological polar surface area (TPSA) is 96.4 Å². The normalized spacial score (nSPS) is 17.6. The molecular formula is C20H19N3O4S2. The Morgan fingerprint density at radius 1 is 1.17 bits per heavy atom. The van der Waals surface area contributed by atoms with Gasteiger partial charge in [-0.25, -0.2) is 17.7 Å². The molecule has 2 amide bonds. The maximum atomic E-state index is 12.5. The third-order valence-corrected chi connectivity index (χ3v) is 7.67. The van der Waals surface area contributed by atoms with E-state index >= 15 is 0 Å². The zero-order valence-electron chi connectivity index (χ0n) is 16.1. The van der Waals surface area contributed by atoms with Crippen LogP contribution < -0.4 is 9.62 Å². The number of aryl methyl sites for hydroxylation is 1. The minimum absolute atomic E-state index is 0.229. The van der Waals surface area contributed by atoms with Gasteiger partial charge >= 0.3 is 0 Å². The number of nitrogens with one attached hydrogen (secondary N) is 1. The Bertz CT molecular complexity index is 1240. The summed E-state index contributed by atoms with van der Waals surface area (Å²) < 4.78 is 26.6. The lowest BCUT2D eigenvalue weighted by atomic mass is 9.95. The second-order valence-electron chi connectivity index (χ2n) is 7.70. The van der Waals surface area contributed by atoms with Gasteiger partial charge < -0.3 is 0 Å². The first-order valence-electron chi connectivity index (χ1n) is 8.93. The number of thiazole rings is 1. The largest absolute Gasteiger partial charge is 0.298 e. The summed E-state index contributed by atoms with van der Waals surface area (Å²) in [5.41, 5.74) is 1.52. The maximum absolute atomic E-state index is 12.5. The summed E-state index contributed by atoms with van der Waals surface area (Å²) in [6.45, 7) is 5.20. The Morgan fingerprint density at radius 3 is 2.48 bits per heavy atom. The van der Waals surface area contributed by atoms with Crippen LogP contribution >= 0.6 is 11.3 Å². The monoisotopic (exact) mass is 429 g/mol. The van der Waals surface area contributed by atoms with Gasteiger partial charge in [0, 0.05) is 5.56 Å². The highest BCUT2D eigenvalue weighted by atomic mass is 32.2. The number of amides is 2. The minimum atomic E-state index is -3.72. The molecule has 3 aromatic rings. The van der Waals surface area contributed by atoms with Gasteiger partial charge in [0.25, 0.3) is 5.91 Å². The predicted octanol–water partition coefficient (Wildman–Crippen LogP) is 3.56. The van der Waals surface area contributed by atoms with Crippen molar-refractivity contribution in [2.24, 2.45) is 5.41 Å². The van der Waals surface area contributed by atoms with E-state index in [1.54, 1.807) is 13.8 Å². The predicted molar refractivity (Wildman–Crippen MR) is 114 cm³/mol. The quantitative estimate of drug-likeness (QED) is 0.687. The van der Waals surface area contributed by atoms with E-state index in [1.165, 1.54) is 35.6 Å². The van der Waals surface area contributed by atoms with Gasteiger partial charge in [0.05, 0.1) is 27.1 Å². The van der Waals surface area contributed by atoms with Crippen LogP contribution in [0.5, 0.6) is 0 Å². The van der Waals surface area contributed by atoms with Gasteiger partial charge in [0.1, 0.15) is 0 Å². The van der Waals surface area contributed by atoms with Crippen LogP contribution in [-0.4, -0.2) is 31.0 Å². The maximum Gasteiger partial charge on any atom is 0.257 e. The van der Waals surface area contributed by atoms with E-state index in [1.807, 2.05) is 25.1 Å². The van der Waals surface area contributed by atoms with Gasteiger partial charge in [-0.1, -0.05) is 17.4 Å². The SMILES string of the molecule is Cc1ccc2nc(NC(=O)c3ccc(N4C(=O)C(C)(C)CS4(=O)=O)cc3)sc2c1. The molecule has 1 N–H and O–H groups in total. The first kappa shape index (κ1) is 19.5. The summed E-state index contributed by atoms with van der Waals surface area (Å²) in [7, 11) is -3.72. The molecule has 29 heavy (non-hydrogen) atoms. The molecule has 9 heteroatoms. The molecule has 0 spiro atoms. The lowest BCUT2D eigenvalue weighted by Gasteiger charge is -2.17. The number of carbonyl (C=O) groups is 2. The van der Waals surface area contributed by atoms with Crippen molar-refractivity contribution in [1.29, 1.82) is 0 Å². The van der Waals surface area contributed by atoms with E-state index in [-0.39, 0.29) is 17.3 Å². The van der Waals surface area contributed by atoms with E-state index in [0.717, 1.165) is 20.1 Å². The lowest BCUT2D eigenvalue weighted by Crippen LogP contribution is -2.32. The molecule has 0 atom stereocenters. The third kappa shape index (κ3) is 3.51. The molecule has 1 aromatic heterocycles. The zero-order valence-corrected chi connectivity index (χ0v) is 17.7. The average molecular weight is 430 g/mol. The second kappa shape index (κ2) is 6.64. The third-order valence-electron chi connectivity index (χ3n) is 4.71. The minimum Gasteiger partial charge on any atom is -0.298 e. The number of sulfonamides is 1. The van der Waals surface area contributed by atoms with Crippen LogP contribution in [0.4, 0.5) is 10.8 Å². The number of benzene rings is 2. The second-order valence-corrected chi connectivity index (χ2v) is 10.5. The van der Waals surface area contributed by atoms with Gasteiger partial charge in [-0.15, -0.1) is 0 Å². The van der Waals surface area contributed by atoms with Crippen molar-refractivity contribution in [1.82, 2.24) is 4.98 Å². The fourth-order valence-corrected chi connectivity index (χ4v) is 6.33. The molecular weight excluding hydrogens is 410 g/mol. The molecule has 1 saturated heterocycles. The molecule has 0 bridgehead atoms. The van der Waals surface area contributed by atoms with Crippen molar-refractivity contribution < 1.29 is 18.0 Å². The lowest BCUT2D eigenvalue weighted by molar-refractivity contribution is -0.123. The Hall–Kier alpha value is -2.78. The van der Waals surface area contributed by atoms with Gasteiger partial charge in [-0.05, 0) is 62.7 Å². The summed E-state index contributed by atoms with van der Waals surface area (Å²) in [5.74, 6) is -1.07. The van der Waals surface area contributed by atoms with Crippen LogP contribution in [0, 0.1) is 12.3 Å². The van der Waals surface area contributed by atoms with E-state index in [9.17, 15) is 18.0 Å². The summed E-state index contributed by atoms with van der Waals surface area (Å²) in [6.07, 6.45) is 0. The van der Waals surface area contributed by atoms with Crippen LogP contribution in [0.15, 0.2) is 42.5 Å². The fraction of sp³-hybridized carbons (Fsp3) is 0.250. The molecule has 4 rings (SSSR count). The van der Waals surface area contributed by atoms with Crippen LogP contribution in [-0.2, 0) is 14.8 Å². The van der Waals surface area contributed by atoms with Crippen molar-refractivity contribution in [2.45, 2.75) is 20.8 Å². The van der Waals surface area contributed by atoms with Crippen molar-refractivity contribution in [3.8, 4) is 0 Å². The molecule has 0 saturated carbocycles. The smallest absolute Gasteiger partial charge is 0.257 e. The molecule has 1 aliphatic heterocycles. The van der Waals surface area contributed by atoms with Crippen LogP contribution in [0.25, 0.3) is 10.2 Å². The fourth-order valence-electron chi connectivity index (χ4n) is 3.26. The molecule has 1 fully saturated rings. The number of anilines is 2. The highest BCUT2D eigenvalue weighted by molar-refractivity contribution is 7.94. The summed E-state index contributed by atoms with van der Waals surface area (Å²) in [4.78, 5) is 29.4. The number of aromatic nitrogens is 1. The van der Waals surface area contributed by atoms with E-state index < -0.39 is 21.3 Å². The standard InChI is InChI=1S/C20H19N3O4S2/c1-12-4-9-15-16(10-12)28-19(21-15)22-17(24)13-5-7-14(8-6-13)23-18(25)20(2,3)11-29(23,26)27/h4-10H,11H2,1-3H3,(H,21,22,24). The molecule has 2 heterocycles. The summed E-state index contributed by atoms with van der Waals surface area (Å²) in [6, 6.07) is 11.8. The number of hydrogen-bond acceptors (Lipinski definition) is 6. The molecule has 0 unspecified atom stereocenters. The van der Waals surface area contributed by atoms with Crippen LogP contribution in [0.3, 0.4) is 0 Å². The summed E-state index contributed by atoms with van der Waals surface area (Å²) >= 11 is 1.38. The first-order chi connectivity index (χ1) is 13.6. The highest BCUT2D eigenvalue weighted by Gasteiger charge is 2.49. The Labute approximate surface area is 172 Å². The Morgan fingerprint density at radius 2 is 1.86 bits per heavy atom. The average Bonchev–Trinajstić information content (AvgIpc) is 3.09. The molecule has 7 nitrogen and oxygen atoms in total. The molecule has 0 aliphatic carbocycles. The molecule has 2 aromatic carbocycles. The van der Waals surface area contributed by atoms with Crippen molar-refractivity contribution in [3.63, 3.8) is 0 Å². The zero-order chi connectivity index (χ0) is 21.0. The highest BCUT2D eigenvalue weighted by Crippen LogP contribution is 2.35.